The van der Waals surface area contributed by atoms with Gasteiger partial charge in [-0.15, -0.1) is 0 Å². The predicted octanol–water partition coefficient (Wildman–Crippen LogP) is 5.34. The number of nitrogens with one attached hydrogen (secondary N) is 2. The van der Waals surface area contributed by atoms with Crippen molar-refractivity contribution in [3.63, 3.8) is 0 Å². The van der Waals surface area contributed by atoms with E-state index in [0.29, 0.717) is 19.3 Å². The molecule has 23 nitrogen and oxygen atoms in total. The summed E-state index contributed by atoms with van der Waals surface area (Å²) >= 11 is 0. The molecule has 0 bridgehead atoms. The Morgan fingerprint density at radius 3 is 1.44 bits per heavy atom. The first-order valence-electron chi connectivity index (χ1n) is 33.9. The first-order valence-corrected chi connectivity index (χ1v) is 33.9. The van der Waals surface area contributed by atoms with Gasteiger partial charge < -0.3 is 100 Å². The van der Waals surface area contributed by atoms with E-state index in [1.54, 1.807) is 0 Å². The number of aliphatic hydroxyl groups is 11. The van der Waals surface area contributed by atoms with Crippen molar-refractivity contribution in [3.8, 4) is 0 Å². The lowest BCUT2D eigenvalue weighted by molar-refractivity contribution is -0.386. The molecule has 18 atom stereocenters. The third kappa shape index (κ3) is 29.1. The van der Waals surface area contributed by atoms with Crippen molar-refractivity contribution in [2.45, 2.75) is 362 Å². The second kappa shape index (κ2) is 45.9. The van der Waals surface area contributed by atoms with Crippen molar-refractivity contribution < 1.29 is 104 Å². The van der Waals surface area contributed by atoms with E-state index in [0.717, 1.165) is 51.9 Å². The Morgan fingerprint density at radius 2 is 1.00 bits per heavy atom. The molecule has 2 amide bonds. The van der Waals surface area contributed by atoms with Gasteiger partial charge in [0.2, 0.25) is 11.8 Å². The number of aliphatic hydroxyl groups excluding tert-OH is 11. The molecule has 0 aliphatic carbocycles. The molecule has 0 aromatic heterocycles. The Morgan fingerprint density at radius 1 is 0.552 bits per heavy atom. The van der Waals surface area contributed by atoms with Gasteiger partial charge >= 0.3 is 5.97 Å². The Hall–Kier alpha value is -2.27. The topological polar surface area (TPSA) is 373 Å². The van der Waals surface area contributed by atoms with Gasteiger partial charge in [-0.25, -0.2) is 4.79 Å². The highest BCUT2D eigenvalue weighted by atomic mass is 16.8. The van der Waals surface area contributed by atoms with Gasteiger partial charge in [-0.3, -0.25) is 9.59 Å². The molecule has 3 saturated heterocycles. The molecule has 23 heteroatoms. The van der Waals surface area contributed by atoms with Crippen molar-refractivity contribution in [3.05, 3.63) is 0 Å². The summed E-state index contributed by atoms with van der Waals surface area (Å²) in [6.07, 6.45) is 11.3. The van der Waals surface area contributed by atoms with E-state index in [4.69, 9.17) is 28.4 Å². The average Bonchev–Trinajstić information content (AvgIpc) is 1.31. The molecule has 3 heterocycles. The summed E-state index contributed by atoms with van der Waals surface area (Å²) in [6.45, 7) is 2.19. The Balaban J connectivity index is 1.57. The minimum atomic E-state index is -3.08. The lowest BCUT2D eigenvalue weighted by Crippen LogP contribution is -2.70. The molecule has 512 valence electrons. The van der Waals surface area contributed by atoms with Gasteiger partial charge in [-0.1, -0.05) is 219 Å². The second-order valence-corrected chi connectivity index (χ2v) is 25.0. The number of ether oxygens (including phenoxy) is 6. The fourth-order valence-corrected chi connectivity index (χ4v) is 12.1. The maximum Gasteiger partial charge on any atom is 0.364 e. The molecule has 0 spiro atoms. The summed E-state index contributed by atoms with van der Waals surface area (Å²) < 4.78 is 34.8. The number of unbranched alkanes of at least 4 members (excludes halogenated alkanes) is 31. The van der Waals surface area contributed by atoms with Gasteiger partial charge in [0.1, 0.15) is 67.1 Å². The van der Waals surface area contributed by atoms with Crippen molar-refractivity contribution in [1.82, 2.24) is 10.6 Å². The van der Waals surface area contributed by atoms with Gasteiger partial charge in [-0.05, 0) is 12.8 Å². The normalized spacial score (nSPS) is 29.1. The quantitative estimate of drug-likeness (QED) is 0.0342. The Labute approximate surface area is 519 Å². The molecule has 3 rings (SSSR count). The van der Waals surface area contributed by atoms with Crippen LogP contribution in [0.1, 0.15) is 252 Å². The molecule has 14 N–H and O–H groups in total. The van der Waals surface area contributed by atoms with Gasteiger partial charge in [-0.2, -0.15) is 0 Å². The number of carbonyl (C=O) groups excluding carboxylic acids is 2. The fraction of sp³-hybridized carbons (Fsp3) is 0.953. The molecular weight excluding hydrogens is 1130 g/mol. The molecule has 18 unspecified atom stereocenters. The smallest absolute Gasteiger partial charge is 0.364 e. The summed E-state index contributed by atoms with van der Waals surface area (Å²) in [6, 6.07) is -2.52. The summed E-state index contributed by atoms with van der Waals surface area (Å²) in [7, 11) is 0. The fourth-order valence-electron chi connectivity index (χ4n) is 12.1. The maximum absolute atomic E-state index is 13.4. The number of rotatable bonds is 51. The van der Waals surface area contributed by atoms with Gasteiger partial charge in [0.15, 0.2) is 12.6 Å². The molecule has 3 aliphatic heterocycles. The molecule has 87 heavy (non-hydrogen) atoms. The molecule has 0 aromatic rings. The third-order valence-corrected chi connectivity index (χ3v) is 17.6. The lowest BCUT2D eigenvalue weighted by atomic mass is 9.88. The van der Waals surface area contributed by atoms with Gasteiger partial charge in [0.05, 0.1) is 50.7 Å². The number of carbonyl (C=O) groups is 3. The molecule has 3 fully saturated rings. The number of carboxylic acid groups (broad SMARTS) is 1. The van der Waals surface area contributed by atoms with Crippen LogP contribution >= 0.6 is 0 Å². The average molecular weight is 1250 g/mol. The van der Waals surface area contributed by atoms with E-state index < -0.39 is 148 Å². The zero-order valence-corrected chi connectivity index (χ0v) is 53.1. The largest absolute Gasteiger partial charge is 0.477 e. The maximum atomic E-state index is 13.4. The number of carboxylic acids is 1. The highest BCUT2D eigenvalue weighted by molar-refractivity contribution is 5.77. The van der Waals surface area contributed by atoms with E-state index in [9.17, 15) is 75.7 Å². The minimum Gasteiger partial charge on any atom is -0.477 e. The van der Waals surface area contributed by atoms with Gasteiger partial charge in [0, 0.05) is 19.8 Å². The Kier molecular flexibility index (Phi) is 41.7. The predicted molar refractivity (Wildman–Crippen MR) is 325 cm³/mol. The number of hydrogen-bond acceptors (Lipinski definition) is 20. The lowest BCUT2D eigenvalue weighted by Gasteiger charge is -2.50. The van der Waals surface area contributed by atoms with Crippen LogP contribution in [0.4, 0.5) is 0 Å². The molecule has 0 aromatic carbocycles. The van der Waals surface area contributed by atoms with E-state index in [-0.39, 0.29) is 18.9 Å². The summed E-state index contributed by atoms with van der Waals surface area (Å²) in [5.74, 6) is -6.09. The summed E-state index contributed by atoms with van der Waals surface area (Å²) in [5, 5.41) is 136. The molecule has 0 radical (unpaired) electrons. The summed E-state index contributed by atoms with van der Waals surface area (Å²) in [5.41, 5.74) is 0. The van der Waals surface area contributed by atoms with E-state index in [1.807, 2.05) is 0 Å². The zero-order chi connectivity index (χ0) is 64.0. The summed E-state index contributed by atoms with van der Waals surface area (Å²) in [4.78, 5) is 38.5. The van der Waals surface area contributed by atoms with Crippen LogP contribution in [0.5, 0.6) is 0 Å². The highest BCUT2D eigenvalue weighted by Crippen LogP contribution is 2.39. The SMILES string of the molecule is CCCCCCCCCCCCCCCCCCCCCCCCC(=O)NC(COC1OC(CO)C(OC2OC(CO)C(O)C(OC3(C(=O)O)CC(O)C(NC(C)=O)C(C(O)C(O)CO)O3)C2O)C(O)C1O)C(O)CCCCCCCCCCCCC. The van der Waals surface area contributed by atoms with Crippen LogP contribution in [-0.4, -0.2) is 215 Å². The second-order valence-electron chi connectivity index (χ2n) is 25.0. The number of amides is 2. The Bertz CT molecular complexity index is 1780. The van der Waals surface area contributed by atoms with Crippen LogP contribution in [0.15, 0.2) is 0 Å². The van der Waals surface area contributed by atoms with Crippen LogP contribution in [-0.2, 0) is 42.8 Å². The highest BCUT2D eigenvalue weighted by Gasteiger charge is 2.60. The van der Waals surface area contributed by atoms with Crippen LogP contribution < -0.4 is 10.6 Å². The third-order valence-electron chi connectivity index (χ3n) is 17.6. The van der Waals surface area contributed by atoms with Crippen LogP contribution in [0.3, 0.4) is 0 Å². The van der Waals surface area contributed by atoms with Crippen molar-refractivity contribution in [2.75, 3.05) is 26.4 Å². The number of aliphatic carboxylic acids is 1. The first-order chi connectivity index (χ1) is 41.9. The van der Waals surface area contributed by atoms with E-state index >= 15 is 0 Å². The first kappa shape index (κ1) is 79.0. The monoisotopic (exact) mass is 1250 g/mol. The van der Waals surface area contributed by atoms with Crippen LogP contribution in [0.25, 0.3) is 0 Å². The van der Waals surface area contributed by atoms with E-state index in [1.165, 1.54) is 154 Å². The number of hydrogen-bond donors (Lipinski definition) is 14. The van der Waals surface area contributed by atoms with E-state index in [2.05, 4.69) is 24.5 Å². The molecule has 3 aliphatic rings. The van der Waals surface area contributed by atoms with Crippen molar-refractivity contribution >= 4 is 17.8 Å². The van der Waals surface area contributed by atoms with Crippen molar-refractivity contribution in [2.24, 2.45) is 0 Å². The van der Waals surface area contributed by atoms with Gasteiger partial charge in [0.25, 0.3) is 5.79 Å². The van der Waals surface area contributed by atoms with Crippen molar-refractivity contribution in [1.29, 1.82) is 0 Å². The standard InChI is InChI=1S/C64H120N2O21/c1-4-6-8-10-12-14-16-17-18-19-20-21-22-23-24-25-26-28-30-32-34-36-38-51(74)66-45(46(71)37-35-33-31-29-27-15-13-11-9-7-5-2)43-82-61-56(78)55(77)58(50(42-69)84-61)85-62-57(79)60(54(76)49(41-68)83-62)87-64(63(80)81)39-47(72)52(65-44(3)70)59(86-64)53(75)48(73)40-67/h45-50,52-62,67-69,71-73,75-79H,4-43H2,1-3H3,(H,65,70)(H,66,74)(H,80,81). The zero-order valence-electron chi connectivity index (χ0n) is 53.1. The molecule has 0 saturated carbocycles. The minimum absolute atomic E-state index is 0.229. The molecular formula is C64H120N2O21. The van der Waals surface area contributed by atoms with Crippen LogP contribution in [0.2, 0.25) is 0 Å². The van der Waals surface area contributed by atoms with Crippen LogP contribution in [0, 0.1) is 0 Å².